The normalized spacial score (nSPS) is 13.5. The fraction of sp³-hybridized carbons (Fsp3) is 0.308. The third-order valence-electron chi connectivity index (χ3n) is 3.01. The monoisotopic (exact) mass is 229 g/mol. The minimum atomic E-state index is 0.616. The maximum absolute atomic E-state index is 5.51. The zero-order valence-corrected chi connectivity index (χ0v) is 9.57. The van der Waals surface area contributed by atoms with Crippen LogP contribution in [0.15, 0.2) is 24.4 Å². The van der Waals surface area contributed by atoms with E-state index in [1.807, 2.05) is 12.3 Å². The molecule has 4 heteroatoms. The molecule has 0 fully saturated rings. The lowest BCUT2D eigenvalue weighted by molar-refractivity contribution is 0.357. The first-order valence-electron chi connectivity index (χ1n) is 5.87. The van der Waals surface area contributed by atoms with E-state index in [-0.39, 0.29) is 0 Å². The zero-order valence-electron chi connectivity index (χ0n) is 9.57. The van der Waals surface area contributed by atoms with Crippen molar-refractivity contribution in [3.8, 4) is 17.0 Å². The minimum absolute atomic E-state index is 0.616. The summed E-state index contributed by atoms with van der Waals surface area (Å²) in [7, 11) is 0. The molecule has 0 radical (unpaired) electrons. The smallest absolute Gasteiger partial charge is 0.122 e. The van der Waals surface area contributed by atoms with Gasteiger partial charge < -0.3 is 15.5 Å². The van der Waals surface area contributed by atoms with Crippen molar-refractivity contribution in [2.75, 3.05) is 13.2 Å². The summed E-state index contributed by atoms with van der Waals surface area (Å²) < 4.78 is 5.49. The first-order valence-corrected chi connectivity index (χ1v) is 5.87. The standard InChI is InChI=1S/C13H15N3O/c14-5-3-13-15-8-11(16-13)9-1-2-12-10(7-9)4-6-17-12/h1-2,7-8H,3-6,14H2,(H,15,16). The van der Waals surface area contributed by atoms with Crippen LogP contribution < -0.4 is 10.5 Å². The van der Waals surface area contributed by atoms with E-state index >= 15 is 0 Å². The summed E-state index contributed by atoms with van der Waals surface area (Å²) in [6, 6.07) is 6.26. The van der Waals surface area contributed by atoms with E-state index in [0.717, 1.165) is 42.3 Å². The van der Waals surface area contributed by atoms with Gasteiger partial charge in [0.15, 0.2) is 0 Å². The Morgan fingerprint density at radius 2 is 2.35 bits per heavy atom. The number of nitrogens with one attached hydrogen (secondary N) is 1. The number of hydrogen-bond acceptors (Lipinski definition) is 3. The highest BCUT2D eigenvalue weighted by atomic mass is 16.5. The Bertz CT molecular complexity index is 533. The highest BCUT2D eigenvalue weighted by Gasteiger charge is 2.13. The van der Waals surface area contributed by atoms with Crippen LogP contribution in [0.4, 0.5) is 0 Å². The van der Waals surface area contributed by atoms with Crippen molar-refractivity contribution in [3.05, 3.63) is 35.8 Å². The Morgan fingerprint density at radius 1 is 1.41 bits per heavy atom. The van der Waals surface area contributed by atoms with Gasteiger partial charge >= 0.3 is 0 Å². The second-order valence-electron chi connectivity index (χ2n) is 4.20. The Hall–Kier alpha value is -1.81. The fourth-order valence-corrected chi connectivity index (χ4v) is 2.13. The molecule has 1 aromatic heterocycles. The number of fused-ring (bicyclic) bond motifs is 1. The van der Waals surface area contributed by atoms with Crippen LogP contribution >= 0.6 is 0 Å². The molecular formula is C13H15N3O. The molecule has 0 spiro atoms. The van der Waals surface area contributed by atoms with Gasteiger partial charge in [-0.2, -0.15) is 0 Å². The molecule has 1 aliphatic rings. The van der Waals surface area contributed by atoms with E-state index in [9.17, 15) is 0 Å². The molecule has 2 heterocycles. The third kappa shape index (κ3) is 1.91. The Labute approximate surface area is 99.8 Å². The predicted octanol–water partition coefficient (Wildman–Crippen LogP) is 1.51. The molecule has 0 aliphatic carbocycles. The van der Waals surface area contributed by atoms with Crippen molar-refractivity contribution >= 4 is 0 Å². The van der Waals surface area contributed by atoms with Crippen LogP contribution in [0.5, 0.6) is 5.75 Å². The number of hydrogen-bond donors (Lipinski definition) is 2. The van der Waals surface area contributed by atoms with E-state index < -0.39 is 0 Å². The molecule has 0 unspecified atom stereocenters. The highest BCUT2D eigenvalue weighted by molar-refractivity contribution is 5.62. The van der Waals surface area contributed by atoms with Crippen molar-refractivity contribution in [1.82, 2.24) is 9.97 Å². The van der Waals surface area contributed by atoms with Crippen LogP contribution in [-0.2, 0) is 12.8 Å². The number of nitrogens with zero attached hydrogens (tertiary/aromatic N) is 1. The fourth-order valence-electron chi connectivity index (χ4n) is 2.13. The third-order valence-corrected chi connectivity index (χ3v) is 3.01. The van der Waals surface area contributed by atoms with Gasteiger partial charge in [0.25, 0.3) is 0 Å². The lowest BCUT2D eigenvalue weighted by atomic mass is 10.1. The molecule has 17 heavy (non-hydrogen) atoms. The summed E-state index contributed by atoms with van der Waals surface area (Å²) in [4.78, 5) is 7.60. The summed E-state index contributed by atoms with van der Waals surface area (Å²) in [5, 5.41) is 0. The summed E-state index contributed by atoms with van der Waals surface area (Å²) in [5.41, 5.74) is 8.98. The summed E-state index contributed by atoms with van der Waals surface area (Å²) in [6.45, 7) is 1.41. The summed E-state index contributed by atoms with van der Waals surface area (Å²) in [5.74, 6) is 1.95. The van der Waals surface area contributed by atoms with Gasteiger partial charge in [-0.05, 0) is 30.3 Å². The molecule has 0 saturated heterocycles. The van der Waals surface area contributed by atoms with Crippen LogP contribution in [0.3, 0.4) is 0 Å². The number of aromatic amines is 1. The molecule has 0 saturated carbocycles. The van der Waals surface area contributed by atoms with Crippen molar-refractivity contribution in [2.45, 2.75) is 12.8 Å². The molecule has 3 N–H and O–H groups in total. The molecule has 4 nitrogen and oxygen atoms in total. The minimum Gasteiger partial charge on any atom is -0.493 e. The first-order chi connectivity index (χ1) is 8.36. The lowest BCUT2D eigenvalue weighted by Gasteiger charge is -2.01. The summed E-state index contributed by atoms with van der Waals surface area (Å²) in [6.07, 6.45) is 3.64. The van der Waals surface area contributed by atoms with Gasteiger partial charge in [0.2, 0.25) is 0 Å². The topological polar surface area (TPSA) is 63.9 Å². The van der Waals surface area contributed by atoms with Crippen LogP contribution in [0, 0.1) is 0 Å². The SMILES string of the molecule is NCCc1ncc(-c2ccc3c(c2)CCO3)[nH]1. The predicted molar refractivity (Wildman–Crippen MR) is 66.0 cm³/mol. The van der Waals surface area contributed by atoms with Gasteiger partial charge in [-0.3, -0.25) is 0 Å². The van der Waals surface area contributed by atoms with E-state index in [0.29, 0.717) is 6.54 Å². The van der Waals surface area contributed by atoms with Crippen LogP contribution in [-0.4, -0.2) is 23.1 Å². The van der Waals surface area contributed by atoms with Crippen molar-refractivity contribution in [3.63, 3.8) is 0 Å². The molecule has 0 bridgehead atoms. The number of imidazole rings is 1. The van der Waals surface area contributed by atoms with E-state index in [1.54, 1.807) is 0 Å². The van der Waals surface area contributed by atoms with Gasteiger partial charge in [-0.25, -0.2) is 4.98 Å². The largest absolute Gasteiger partial charge is 0.493 e. The lowest BCUT2D eigenvalue weighted by Crippen LogP contribution is -2.03. The van der Waals surface area contributed by atoms with Crippen LogP contribution in [0.1, 0.15) is 11.4 Å². The Morgan fingerprint density at radius 3 is 3.24 bits per heavy atom. The van der Waals surface area contributed by atoms with Crippen molar-refractivity contribution in [1.29, 1.82) is 0 Å². The molecule has 0 amide bonds. The van der Waals surface area contributed by atoms with Gasteiger partial charge in [0.05, 0.1) is 18.5 Å². The highest BCUT2D eigenvalue weighted by Crippen LogP contribution is 2.29. The molecule has 3 rings (SSSR count). The van der Waals surface area contributed by atoms with Gasteiger partial charge in [0, 0.05) is 18.4 Å². The number of ether oxygens (including phenoxy) is 1. The number of nitrogens with two attached hydrogens (primary N) is 1. The molecular weight excluding hydrogens is 214 g/mol. The molecule has 1 aliphatic heterocycles. The number of H-pyrrole nitrogens is 1. The molecule has 2 aromatic rings. The van der Waals surface area contributed by atoms with E-state index in [4.69, 9.17) is 10.5 Å². The Kier molecular flexibility index (Phi) is 2.57. The Balaban J connectivity index is 1.92. The van der Waals surface area contributed by atoms with Gasteiger partial charge in [-0.1, -0.05) is 0 Å². The maximum Gasteiger partial charge on any atom is 0.122 e. The number of benzene rings is 1. The first kappa shape index (κ1) is 10.4. The molecule has 0 atom stereocenters. The maximum atomic E-state index is 5.51. The molecule has 88 valence electrons. The second-order valence-corrected chi connectivity index (χ2v) is 4.20. The average Bonchev–Trinajstić information content (AvgIpc) is 2.96. The van der Waals surface area contributed by atoms with Gasteiger partial charge in [0.1, 0.15) is 11.6 Å². The number of aromatic nitrogens is 2. The van der Waals surface area contributed by atoms with Crippen LogP contribution in [0.25, 0.3) is 11.3 Å². The van der Waals surface area contributed by atoms with Crippen molar-refractivity contribution < 1.29 is 4.74 Å². The second kappa shape index (κ2) is 4.22. The van der Waals surface area contributed by atoms with Crippen molar-refractivity contribution in [2.24, 2.45) is 5.73 Å². The van der Waals surface area contributed by atoms with E-state index in [1.165, 1.54) is 5.56 Å². The van der Waals surface area contributed by atoms with Gasteiger partial charge in [-0.15, -0.1) is 0 Å². The van der Waals surface area contributed by atoms with E-state index in [2.05, 4.69) is 22.1 Å². The summed E-state index contributed by atoms with van der Waals surface area (Å²) >= 11 is 0. The zero-order chi connectivity index (χ0) is 11.7. The average molecular weight is 229 g/mol. The van der Waals surface area contributed by atoms with Crippen LogP contribution in [0.2, 0.25) is 0 Å². The number of rotatable bonds is 3. The molecule has 1 aromatic carbocycles. The quantitative estimate of drug-likeness (QED) is 0.838.